The summed E-state index contributed by atoms with van der Waals surface area (Å²) in [5, 5.41) is -0.0979. The predicted octanol–water partition coefficient (Wildman–Crippen LogP) is 5.42. The first-order chi connectivity index (χ1) is 12.8. The minimum Gasteiger partial charge on any atom is -0.455 e. The summed E-state index contributed by atoms with van der Waals surface area (Å²) < 4.78 is 69.4. The number of aromatic nitrogens is 1. The second kappa shape index (κ2) is 6.80. The van der Waals surface area contributed by atoms with Crippen molar-refractivity contribution in [3.8, 4) is 11.5 Å². The highest BCUT2D eigenvalue weighted by Crippen LogP contribution is 2.52. The molecule has 1 aromatic heterocycles. The molecule has 1 fully saturated rings. The van der Waals surface area contributed by atoms with Gasteiger partial charge in [0, 0.05) is 34.8 Å². The van der Waals surface area contributed by atoms with E-state index in [1.165, 1.54) is 12.3 Å². The average Bonchev–Trinajstić information content (AvgIpc) is 3.17. The number of alkyl halides is 3. The highest BCUT2D eigenvalue weighted by molar-refractivity contribution is 8.00. The zero-order chi connectivity index (χ0) is 19.2. The molecule has 1 spiro atoms. The third kappa shape index (κ3) is 3.73. The number of halogens is 5. The molecule has 1 aromatic carbocycles. The largest absolute Gasteiger partial charge is 0.455 e. The molecule has 10 heteroatoms. The van der Waals surface area contributed by atoms with Gasteiger partial charge in [0.2, 0.25) is 0 Å². The van der Waals surface area contributed by atoms with Gasteiger partial charge in [0.25, 0.3) is 0 Å². The van der Waals surface area contributed by atoms with Gasteiger partial charge in [0.15, 0.2) is 5.79 Å². The molecule has 2 aliphatic rings. The van der Waals surface area contributed by atoms with Gasteiger partial charge in [-0.05, 0) is 18.6 Å². The molecule has 1 saturated heterocycles. The quantitative estimate of drug-likeness (QED) is 0.488. The van der Waals surface area contributed by atoms with Crippen LogP contribution in [0.1, 0.15) is 17.5 Å². The fraction of sp³-hybridized carbons (Fsp3) is 0.353. The molecule has 2 aromatic rings. The van der Waals surface area contributed by atoms with E-state index in [1.54, 1.807) is 0 Å². The summed E-state index contributed by atoms with van der Waals surface area (Å²) in [5.74, 6) is -1.51. The number of pyridine rings is 1. The first-order valence-electron chi connectivity index (χ1n) is 7.96. The van der Waals surface area contributed by atoms with Gasteiger partial charge in [-0.1, -0.05) is 11.6 Å². The Morgan fingerprint density at radius 3 is 2.59 bits per heavy atom. The molecule has 0 amide bonds. The first kappa shape index (κ1) is 18.8. The maximum atomic E-state index is 13.5. The predicted molar refractivity (Wildman–Crippen MR) is 89.5 cm³/mol. The number of thioether (sulfide) groups is 1. The molecule has 0 radical (unpaired) electrons. The van der Waals surface area contributed by atoms with Crippen LogP contribution in [0.25, 0.3) is 0 Å². The molecule has 0 N–H and O–H groups in total. The second-order valence-corrected chi connectivity index (χ2v) is 7.48. The van der Waals surface area contributed by atoms with Crippen LogP contribution in [-0.2, 0) is 21.7 Å². The standard InChI is InChI=1S/C17H12ClF4NO3S/c18-9-5-10(19)7-11(6-9)26-13-8-23-15(27-17(20,21)22)14-12(13)1-2-16(14)24-3-4-25-16/h5-8H,1-4H2. The van der Waals surface area contributed by atoms with E-state index in [-0.39, 0.29) is 52.1 Å². The Balaban J connectivity index is 1.78. The van der Waals surface area contributed by atoms with Crippen molar-refractivity contribution in [1.82, 2.24) is 4.98 Å². The molecule has 0 bridgehead atoms. The summed E-state index contributed by atoms with van der Waals surface area (Å²) in [6.45, 7) is 0.556. The number of ether oxygens (including phenoxy) is 3. The van der Waals surface area contributed by atoms with Gasteiger partial charge in [-0.25, -0.2) is 9.37 Å². The van der Waals surface area contributed by atoms with Crippen LogP contribution in [0.3, 0.4) is 0 Å². The molecule has 27 heavy (non-hydrogen) atoms. The van der Waals surface area contributed by atoms with E-state index < -0.39 is 17.1 Å². The van der Waals surface area contributed by atoms with Crippen molar-refractivity contribution in [3.05, 3.63) is 46.4 Å². The van der Waals surface area contributed by atoms with Gasteiger partial charge in [-0.2, -0.15) is 13.2 Å². The lowest BCUT2D eigenvalue weighted by Crippen LogP contribution is -2.25. The number of rotatable bonds is 3. The summed E-state index contributed by atoms with van der Waals surface area (Å²) in [7, 11) is 0. The van der Waals surface area contributed by atoms with Gasteiger partial charge < -0.3 is 14.2 Å². The highest BCUT2D eigenvalue weighted by atomic mass is 35.5. The Kier molecular flexibility index (Phi) is 4.74. The molecule has 0 unspecified atom stereocenters. The lowest BCUT2D eigenvalue weighted by Gasteiger charge is -2.25. The molecular weight excluding hydrogens is 410 g/mol. The molecule has 0 saturated carbocycles. The van der Waals surface area contributed by atoms with Gasteiger partial charge in [-0.3, -0.25) is 0 Å². The summed E-state index contributed by atoms with van der Waals surface area (Å²) in [4.78, 5) is 3.93. The van der Waals surface area contributed by atoms with E-state index in [0.717, 1.165) is 12.1 Å². The minimum absolute atomic E-state index is 0.120. The maximum absolute atomic E-state index is 13.5. The zero-order valence-corrected chi connectivity index (χ0v) is 15.2. The van der Waals surface area contributed by atoms with Crippen molar-refractivity contribution in [2.75, 3.05) is 13.2 Å². The lowest BCUT2D eigenvalue weighted by atomic mass is 10.1. The van der Waals surface area contributed by atoms with Crippen molar-refractivity contribution in [1.29, 1.82) is 0 Å². The fourth-order valence-corrected chi connectivity index (χ4v) is 4.22. The molecule has 144 valence electrons. The Labute approximate surface area is 160 Å². The molecule has 1 aliphatic carbocycles. The van der Waals surface area contributed by atoms with Crippen LogP contribution in [-0.4, -0.2) is 23.7 Å². The fourth-order valence-electron chi connectivity index (χ4n) is 3.30. The monoisotopic (exact) mass is 421 g/mol. The van der Waals surface area contributed by atoms with Crippen LogP contribution in [0, 0.1) is 5.82 Å². The van der Waals surface area contributed by atoms with E-state index in [1.807, 2.05) is 0 Å². The lowest BCUT2D eigenvalue weighted by molar-refractivity contribution is -0.165. The zero-order valence-electron chi connectivity index (χ0n) is 13.6. The SMILES string of the molecule is Fc1cc(Cl)cc(Oc2cnc(SC(F)(F)F)c3c2CCC32OCCO2)c1. The van der Waals surface area contributed by atoms with E-state index in [2.05, 4.69) is 4.98 Å². The Morgan fingerprint density at radius 1 is 1.19 bits per heavy atom. The van der Waals surface area contributed by atoms with Crippen molar-refractivity contribution in [2.45, 2.75) is 29.2 Å². The first-order valence-corrected chi connectivity index (χ1v) is 9.15. The van der Waals surface area contributed by atoms with E-state index in [0.29, 0.717) is 18.4 Å². The minimum atomic E-state index is -4.51. The molecule has 4 nitrogen and oxygen atoms in total. The van der Waals surface area contributed by atoms with E-state index in [9.17, 15) is 17.6 Å². The highest BCUT2D eigenvalue weighted by Gasteiger charge is 2.49. The number of nitrogens with zero attached hydrogens (tertiary/aromatic N) is 1. The third-order valence-corrected chi connectivity index (χ3v) is 5.18. The Morgan fingerprint density at radius 2 is 1.93 bits per heavy atom. The third-order valence-electron chi connectivity index (χ3n) is 4.23. The second-order valence-electron chi connectivity index (χ2n) is 5.99. The molecule has 4 rings (SSSR count). The van der Waals surface area contributed by atoms with Gasteiger partial charge in [0.1, 0.15) is 22.3 Å². The number of hydrogen-bond acceptors (Lipinski definition) is 5. The summed E-state index contributed by atoms with van der Waals surface area (Å²) in [6, 6.07) is 3.65. The van der Waals surface area contributed by atoms with Crippen LogP contribution in [0.2, 0.25) is 5.02 Å². The van der Waals surface area contributed by atoms with Crippen LogP contribution >= 0.6 is 23.4 Å². The van der Waals surface area contributed by atoms with E-state index >= 15 is 0 Å². The summed E-state index contributed by atoms with van der Waals surface area (Å²) in [6.07, 6.45) is 1.92. The van der Waals surface area contributed by atoms with Crippen LogP contribution in [0.15, 0.2) is 29.4 Å². The van der Waals surface area contributed by atoms with Crippen LogP contribution < -0.4 is 4.74 Å². The summed E-state index contributed by atoms with van der Waals surface area (Å²) in [5.41, 5.74) is -3.79. The normalized spacial score (nSPS) is 18.1. The number of fused-ring (bicyclic) bond motifs is 2. The summed E-state index contributed by atoms with van der Waals surface area (Å²) >= 11 is 5.51. The van der Waals surface area contributed by atoms with Crippen molar-refractivity contribution in [3.63, 3.8) is 0 Å². The molecule has 1 aliphatic heterocycles. The van der Waals surface area contributed by atoms with Crippen molar-refractivity contribution < 1.29 is 31.8 Å². The van der Waals surface area contributed by atoms with Crippen LogP contribution in [0.4, 0.5) is 17.6 Å². The molecule has 0 atom stereocenters. The molecular formula is C17H12ClF4NO3S. The van der Waals surface area contributed by atoms with Crippen LogP contribution in [0.5, 0.6) is 11.5 Å². The Hall–Kier alpha value is -1.55. The van der Waals surface area contributed by atoms with Gasteiger partial charge in [-0.15, -0.1) is 0 Å². The number of benzene rings is 1. The van der Waals surface area contributed by atoms with Gasteiger partial charge >= 0.3 is 5.51 Å². The van der Waals surface area contributed by atoms with Crippen molar-refractivity contribution in [2.24, 2.45) is 0 Å². The topological polar surface area (TPSA) is 40.6 Å². The van der Waals surface area contributed by atoms with Crippen molar-refractivity contribution >= 4 is 23.4 Å². The van der Waals surface area contributed by atoms with Gasteiger partial charge in [0.05, 0.1) is 25.0 Å². The Bertz CT molecular complexity index is 867. The number of hydrogen-bond donors (Lipinski definition) is 0. The van der Waals surface area contributed by atoms with E-state index in [4.69, 9.17) is 25.8 Å². The smallest absolute Gasteiger partial charge is 0.447 e. The molecule has 2 heterocycles. The maximum Gasteiger partial charge on any atom is 0.447 e. The average molecular weight is 422 g/mol.